The summed E-state index contributed by atoms with van der Waals surface area (Å²) in [6.45, 7) is 3.72. The minimum atomic E-state index is -1.08. The van der Waals surface area contributed by atoms with Crippen molar-refractivity contribution in [1.82, 2.24) is 5.32 Å². The molecular formula is C15H16N2O3. The Kier molecular flexibility index (Phi) is 5.48. The summed E-state index contributed by atoms with van der Waals surface area (Å²) in [5.41, 5.74) is 1.76. The summed E-state index contributed by atoms with van der Waals surface area (Å²) in [5.74, 6) is -1.55. The van der Waals surface area contributed by atoms with Crippen LogP contribution in [-0.2, 0) is 4.79 Å². The maximum Gasteiger partial charge on any atom is 0.326 e. The minimum absolute atomic E-state index is 0.236. The number of carboxylic acids is 1. The van der Waals surface area contributed by atoms with Crippen LogP contribution < -0.4 is 5.32 Å². The Labute approximate surface area is 117 Å². The lowest BCUT2D eigenvalue weighted by atomic mass is 10.1. The van der Waals surface area contributed by atoms with Crippen LogP contribution in [0.15, 0.2) is 35.9 Å². The van der Waals surface area contributed by atoms with Crippen LogP contribution in [0.5, 0.6) is 0 Å². The molecule has 1 aromatic carbocycles. The molecule has 0 aliphatic rings. The lowest BCUT2D eigenvalue weighted by Gasteiger charge is -2.13. The zero-order valence-corrected chi connectivity index (χ0v) is 11.4. The highest BCUT2D eigenvalue weighted by Crippen LogP contribution is 2.05. The average molecular weight is 272 g/mol. The predicted molar refractivity (Wildman–Crippen MR) is 74.1 cm³/mol. The van der Waals surface area contributed by atoms with Crippen molar-refractivity contribution in [2.45, 2.75) is 26.3 Å². The van der Waals surface area contributed by atoms with Crippen LogP contribution in [0.4, 0.5) is 0 Å². The average Bonchev–Trinajstić information content (AvgIpc) is 2.42. The van der Waals surface area contributed by atoms with Gasteiger partial charge in [-0.1, -0.05) is 11.6 Å². The molecule has 0 radical (unpaired) electrons. The lowest BCUT2D eigenvalue weighted by Crippen LogP contribution is -2.40. The molecule has 0 bridgehead atoms. The van der Waals surface area contributed by atoms with Gasteiger partial charge >= 0.3 is 5.97 Å². The van der Waals surface area contributed by atoms with Crippen molar-refractivity contribution < 1.29 is 14.7 Å². The number of hydrogen-bond acceptors (Lipinski definition) is 3. The van der Waals surface area contributed by atoms with Crippen molar-refractivity contribution in [3.63, 3.8) is 0 Å². The van der Waals surface area contributed by atoms with E-state index >= 15 is 0 Å². The first-order valence-corrected chi connectivity index (χ1v) is 6.11. The van der Waals surface area contributed by atoms with E-state index in [1.165, 1.54) is 24.3 Å². The number of nitriles is 1. The van der Waals surface area contributed by atoms with Gasteiger partial charge in [0.2, 0.25) is 0 Å². The number of carboxylic acid groups (broad SMARTS) is 1. The molecule has 104 valence electrons. The summed E-state index contributed by atoms with van der Waals surface area (Å²) >= 11 is 0. The quantitative estimate of drug-likeness (QED) is 0.803. The Bertz CT molecular complexity index is 564. The van der Waals surface area contributed by atoms with Gasteiger partial charge in [0.25, 0.3) is 5.91 Å². The van der Waals surface area contributed by atoms with Gasteiger partial charge in [-0.25, -0.2) is 4.79 Å². The summed E-state index contributed by atoms with van der Waals surface area (Å²) in [6.07, 6.45) is 2.00. The molecule has 2 N–H and O–H groups in total. The van der Waals surface area contributed by atoms with E-state index in [0.29, 0.717) is 11.1 Å². The molecular weight excluding hydrogens is 256 g/mol. The number of carbonyl (C=O) groups excluding carboxylic acids is 1. The van der Waals surface area contributed by atoms with Crippen LogP contribution in [0, 0.1) is 11.3 Å². The van der Waals surface area contributed by atoms with E-state index in [4.69, 9.17) is 10.4 Å². The Morgan fingerprint density at radius 2 is 1.95 bits per heavy atom. The van der Waals surface area contributed by atoms with Crippen LogP contribution in [0.3, 0.4) is 0 Å². The number of rotatable bonds is 5. The maximum absolute atomic E-state index is 11.9. The van der Waals surface area contributed by atoms with E-state index in [1.54, 1.807) is 6.08 Å². The molecule has 5 nitrogen and oxygen atoms in total. The first kappa shape index (κ1) is 15.4. The summed E-state index contributed by atoms with van der Waals surface area (Å²) in [7, 11) is 0. The van der Waals surface area contributed by atoms with Gasteiger partial charge in [-0.15, -0.1) is 0 Å². The highest BCUT2D eigenvalue weighted by molar-refractivity contribution is 5.96. The van der Waals surface area contributed by atoms with Crippen LogP contribution in [0.2, 0.25) is 0 Å². The summed E-state index contributed by atoms with van der Waals surface area (Å²) in [4.78, 5) is 23.0. The largest absolute Gasteiger partial charge is 0.480 e. The standard InChI is InChI=1S/C15H16N2O3/c1-10(2)3-8-13(15(19)20)17-14(18)12-6-4-11(9-16)5-7-12/h3-7,13H,8H2,1-2H3,(H,17,18)(H,19,20)/t13-/m1/s1. The van der Waals surface area contributed by atoms with Crippen molar-refractivity contribution >= 4 is 11.9 Å². The molecule has 0 aliphatic carbocycles. The molecule has 0 aliphatic heterocycles. The second-order valence-electron chi connectivity index (χ2n) is 4.57. The van der Waals surface area contributed by atoms with E-state index in [-0.39, 0.29) is 6.42 Å². The Balaban J connectivity index is 2.77. The molecule has 0 saturated heterocycles. The summed E-state index contributed by atoms with van der Waals surface area (Å²) in [6, 6.07) is 7.00. The zero-order valence-electron chi connectivity index (χ0n) is 11.4. The fourth-order valence-corrected chi connectivity index (χ4v) is 1.51. The van der Waals surface area contributed by atoms with Gasteiger partial charge in [-0.3, -0.25) is 4.79 Å². The first-order chi connectivity index (χ1) is 9.43. The van der Waals surface area contributed by atoms with E-state index < -0.39 is 17.9 Å². The highest BCUT2D eigenvalue weighted by Gasteiger charge is 2.19. The molecule has 1 aromatic rings. The molecule has 20 heavy (non-hydrogen) atoms. The molecule has 0 spiro atoms. The molecule has 1 rings (SSSR count). The van der Waals surface area contributed by atoms with E-state index in [0.717, 1.165) is 5.57 Å². The van der Waals surface area contributed by atoms with Gasteiger partial charge in [-0.2, -0.15) is 5.26 Å². The number of hydrogen-bond donors (Lipinski definition) is 2. The molecule has 0 fully saturated rings. The van der Waals surface area contributed by atoms with Crippen molar-refractivity contribution in [2.75, 3.05) is 0 Å². The second kappa shape index (κ2) is 7.10. The Morgan fingerprint density at radius 1 is 1.35 bits per heavy atom. The van der Waals surface area contributed by atoms with Gasteiger partial charge < -0.3 is 10.4 Å². The number of nitrogens with one attached hydrogen (secondary N) is 1. The molecule has 0 unspecified atom stereocenters. The smallest absolute Gasteiger partial charge is 0.326 e. The number of allylic oxidation sites excluding steroid dienone is 1. The van der Waals surface area contributed by atoms with E-state index in [9.17, 15) is 9.59 Å². The molecule has 0 aromatic heterocycles. The number of nitrogens with zero attached hydrogens (tertiary/aromatic N) is 1. The minimum Gasteiger partial charge on any atom is -0.480 e. The van der Waals surface area contributed by atoms with Crippen molar-refractivity contribution in [3.05, 3.63) is 47.0 Å². The van der Waals surface area contributed by atoms with Crippen LogP contribution in [-0.4, -0.2) is 23.0 Å². The second-order valence-corrected chi connectivity index (χ2v) is 4.57. The van der Waals surface area contributed by atoms with Crippen LogP contribution in [0.1, 0.15) is 36.2 Å². The highest BCUT2D eigenvalue weighted by atomic mass is 16.4. The van der Waals surface area contributed by atoms with Gasteiger partial charge in [-0.05, 0) is 44.5 Å². The Hall–Kier alpha value is -2.61. The summed E-state index contributed by atoms with van der Waals surface area (Å²) < 4.78 is 0. The van der Waals surface area contributed by atoms with Gasteiger partial charge in [0, 0.05) is 5.56 Å². The third-order valence-electron chi connectivity index (χ3n) is 2.64. The monoisotopic (exact) mass is 272 g/mol. The van der Waals surface area contributed by atoms with E-state index in [1.807, 2.05) is 19.9 Å². The molecule has 1 atom stereocenters. The number of carbonyl (C=O) groups is 2. The van der Waals surface area contributed by atoms with Crippen LogP contribution in [0.25, 0.3) is 0 Å². The zero-order chi connectivity index (χ0) is 15.1. The number of amides is 1. The molecule has 1 amide bonds. The van der Waals surface area contributed by atoms with E-state index in [2.05, 4.69) is 5.32 Å². The van der Waals surface area contributed by atoms with Gasteiger partial charge in [0.15, 0.2) is 0 Å². The molecule has 5 heteroatoms. The fourth-order valence-electron chi connectivity index (χ4n) is 1.51. The van der Waals surface area contributed by atoms with Crippen LogP contribution >= 0.6 is 0 Å². The normalized spacial score (nSPS) is 11.1. The number of benzene rings is 1. The maximum atomic E-state index is 11.9. The van der Waals surface area contributed by atoms with Gasteiger partial charge in [0.1, 0.15) is 6.04 Å². The third-order valence-corrected chi connectivity index (χ3v) is 2.64. The lowest BCUT2D eigenvalue weighted by molar-refractivity contribution is -0.139. The van der Waals surface area contributed by atoms with Crippen molar-refractivity contribution in [3.8, 4) is 6.07 Å². The molecule has 0 saturated carbocycles. The fraction of sp³-hybridized carbons (Fsp3) is 0.267. The Morgan fingerprint density at radius 3 is 2.40 bits per heavy atom. The van der Waals surface area contributed by atoms with Crippen molar-refractivity contribution in [2.24, 2.45) is 0 Å². The predicted octanol–water partition coefficient (Wildman–Crippen LogP) is 2.10. The SMILES string of the molecule is CC(C)=CC[C@@H](NC(=O)c1ccc(C#N)cc1)C(=O)O. The number of aliphatic carboxylic acids is 1. The molecule has 0 heterocycles. The topological polar surface area (TPSA) is 90.2 Å². The van der Waals surface area contributed by atoms with Crippen molar-refractivity contribution in [1.29, 1.82) is 5.26 Å². The third kappa shape index (κ3) is 4.58. The summed E-state index contributed by atoms with van der Waals surface area (Å²) in [5, 5.41) is 20.2. The first-order valence-electron chi connectivity index (χ1n) is 6.11. The van der Waals surface area contributed by atoms with Gasteiger partial charge in [0.05, 0.1) is 11.6 Å².